The molecule has 1 aliphatic heterocycles. The standard InChI is InChI=1S/C16H32N2O6/c1-17(2)15-16(19)18-3-5-20-7-9-22-11-13-24-14-12-23-10-8-21-6-4-18/h3-15H2,1-2H3. The molecular weight excluding hydrogens is 316 g/mol. The van der Waals surface area contributed by atoms with Crippen LogP contribution in [0.4, 0.5) is 0 Å². The van der Waals surface area contributed by atoms with Gasteiger partial charge in [-0.1, -0.05) is 0 Å². The Labute approximate surface area is 144 Å². The van der Waals surface area contributed by atoms with E-state index in [0.717, 1.165) is 0 Å². The van der Waals surface area contributed by atoms with Crippen molar-refractivity contribution in [3.63, 3.8) is 0 Å². The van der Waals surface area contributed by atoms with Gasteiger partial charge in [0.05, 0.1) is 72.6 Å². The lowest BCUT2D eigenvalue weighted by Gasteiger charge is -2.24. The van der Waals surface area contributed by atoms with E-state index in [-0.39, 0.29) is 5.91 Å². The maximum absolute atomic E-state index is 12.2. The highest BCUT2D eigenvalue weighted by atomic mass is 16.6. The molecule has 0 aliphatic carbocycles. The van der Waals surface area contributed by atoms with Gasteiger partial charge in [-0.3, -0.25) is 4.79 Å². The molecule has 1 amide bonds. The number of ether oxygens (including phenoxy) is 5. The molecule has 0 saturated carbocycles. The van der Waals surface area contributed by atoms with Crippen molar-refractivity contribution in [1.82, 2.24) is 9.80 Å². The minimum atomic E-state index is 0.0752. The summed E-state index contributed by atoms with van der Waals surface area (Å²) in [5, 5.41) is 0. The van der Waals surface area contributed by atoms with Gasteiger partial charge in [-0.05, 0) is 14.1 Å². The van der Waals surface area contributed by atoms with Crippen LogP contribution in [0, 0.1) is 0 Å². The highest BCUT2D eigenvalue weighted by Gasteiger charge is 2.14. The average molecular weight is 348 g/mol. The molecule has 0 spiro atoms. The minimum Gasteiger partial charge on any atom is -0.377 e. The lowest BCUT2D eigenvalue weighted by atomic mass is 10.4. The summed E-state index contributed by atoms with van der Waals surface area (Å²) in [4.78, 5) is 15.9. The van der Waals surface area contributed by atoms with Gasteiger partial charge in [0.15, 0.2) is 0 Å². The van der Waals surface area contributed by atoms with Gasteiger partial charge in [0.1, 0.15) is 0 Å². The highest BCUT2D eigenvalue weighted by molar-refractivity contribution is 5.78. The molecular formula is C16H32N2O6. The third kappa shape index (κ3) is 11.7. The molecule has 24 heavy (non-hydrogen) atoms. The van der Waals surface area contributed by atoms with Crippen LogP contribution in [0.1, 0.15) is 0 Å². The summed E-state index contributed by atoms with van der Waals surface area (Å²) in [6.45, 7) is 6.70. The summed E-state index contributed by atoms with van der Waals surface area (Å²) >= 11 is 0. The van der Waals surface area contributed by atoms with E-state index in [2.05, 4.69) is 0 Å². The van der Waals surface area contributed by atoms with E-state index in [1.54, 1.807) is 4.90 Å². The summed E-state index contributed by atoms with van der Waals surface area (Å²) < 4.78 is 27.2. The van der Waals surface area contributed by atoms with Crippen LogP contribution >= 0.6 is 0 Å². The molecule has 1 heterocycles. The van der Waals surface area contributed by atoms with Crippen LogP contribution in [0.3, 0.4) is 0 Å². The zero-order chi connectivity index (χ0) is 17.5. The molecule has 0 atom stereocenters. The summed E-state index contributed by atoms with van der Waals surface area (Å²) in [6.07, 6.45) is 0. The summed E-state index contributed by atoms with van der Waals surface area (Å²) in [5.41, 5.74) is 0. The van der Waals surface area contributed by atoms with E-state index in [9.17, 15) is 4.79 Å². The Morgan fingerprint density at radius 3 is 1.38 bits per heavy atom. The molecule has 1 saturated heterocycles. The van der Waals surface area contributed by atoms with Gasteiger partial charge in [-0.2, -0.15) is 0 Å². The van der Waals surface area contributed by atoms with Crippen molar-refractivity contribution in [3.05, 3.63) is 0 Å². The molecule has 0 aromatic heterocycles. The number of rotatable bonds is 2. The topological polar surface area (TPSA) is 69.7 Å². The molecule has 1 rings (SSSR count). The number of carbonyl (C=O) groups is 1. The van der Waals surface area contributed by atoms with Gasteiger partial charge in [0.25, 0.3) is 0 Å². The van der Waals surface area contributed by atoms with Crippen LogP contribution in [-0.2, 0) is 28.5 Å². The molecule has 0 aromatic rings. The number of likely N-dealkylation sites (N-methyl/N-ethyl adjacent to an activating group) is 1. The molecule has 142 valence electrons. The third-order valence-electron chi connectivity index (χ3n) is 3.30. The predicted molar refractivity (Wildman–Crippen MR) is 89.2 cm³/mol. The maximum Gasteiger partial charge on any atom is 0.236 e. The maximum atomic E-state index is 12.2. The largest absolute Gasteiger partial charge is 0.377 e. The van der Waals surface area contributed by atoms with Gasteiger partial charge in [0.2, 0.25) is 5.91 Å². The molecule has 0 aromatic carbocycles. The van der Waals surface area contributed by atoms with Crippen LogP contribution < -0.4 is 0 Å². The summed E-state index contributed by atoms with van der Waals surface area (Å²) in [5.74, 6) is 0.0752. The van der Waals surface area contributed by atoms with Crippen molar-refractivity contribution in [1.29, 1.82) is 0 Å². The minimum absolute atomic E-state index is 0.0752. The second kappa shape index (κ2) is 14.6. The number of nitrogens with zero attached hydrogens (tertiary/aromatic N) is 2. The molecule has 0 N–H and O–H groups in total. The monoisotopic (exact) mass is 348 g/mol. The average Bonchev–Trinajstić information content (AvgIpc) is 2.54. The van der Waals surface area contributed by atoms with Crippen LogP contribution in [0.15, 0.2) is 0 Å². The normalized spacial score (nSPS) is 21.2. The molecule has 0 unspecified atom stereocenters. The van der Waals surface area contributed by atoms with E-state index in [1.165, 1.54) is 0 Å². The molecule has 1 aliphatic rings. The van der Waals surface area contributed by atoms with Gasteiger partial charge in [-0.25, -0.2) is 0 Å². The predicted octanol–water partition coefficient (Wildman–Crippen LogP) is -0.527. The smallest absolute Gasteiger partial charge is 0.236 e. The zero-order valence-corrected chi connectivity index (χ0v) is 15.0. The molecule has 8 heteroatoms. The Kier molecular flexibility index (Phi) is 12.9. The Balaban J connectivity index is 2.35. The van der Waals surface area contributed by atoms with Crippen molar-refractivity contribution in [2.45, 2.75) is 0 Å². The SMILES string of the molecule is CN(C)CC(=O)N1CCOCCOCCOCCOCCOCC1. The first kappa shape index (κ1) is 21.3. The number of hydrogen-bond acceptors (Lipinski definition) is 7. The van der Waals surface area contributed by atoms with Crippen molar-refractivity contribution < 1.29 is 28.5 Å². The second-order valence-corrected chi connectivity index (χ2v) is 5.68. The second-order valence-electron chi connectivity index (χ2n) is 5.68. The number of carbonyl (C=O) groups excluding carboxylic acids is 1. The first-order valence-corrected chi connectivity index (χ1v) is 8.51. The van der Waals surface area contributed by atoms with Crippen molar-refractivity contribution in [2.75, 3.05) is 99.8 Å². The Hall–Kier alpha value is -0.770. The lowest BCUT2D eigenvalue weighted by molar-refractivity contribution is -0.133. The van der Waals surface area contributed by atoms with Crippen LogP contribution in [0.5, 0.6) is 0 Å². The lowest BCUT2D eigenvalue weighted by Crippen LogP contribution is -2.41. The van der Waals surface area contributed by atoms with E-state index >= 15 is 0 Å². The quantitative estimate of drug-likeness (QED) is 0.665. The molecule has 8 nitrogen and oxygen atoms in total. The van der Waals surface area contributed by atoms with Crippen LogP contribution in [0.25, 0.3) is 0 Å². The Morgan fingerprint density at radius 1 is 0.708 bits per heavy atom. The number of amides is 1. The molecule has 0 bridgehead atoms. The van der Waals surface area contributed by atoms with Crippen LogP contribution in [-0.4, -0.2) is 116 Å². The summed E-state index contributed by atoms with van der Waals surface area (Å²) in [6, 6.07) is 0. The van der Waals surface area contributed by atoms with E-state index in [1.807, 2.05) is 19.0 Å². The third-order valence-corrected chi connectivity index (χ3v) is 3.30. The molecule has 0 radical (unpaired) electrons. The fourth-order valence-electron chi connectivity index (χ4n) is 2.06. The van der Waals surface area contributed by atoms with Crippen molar-refractivity contribution in [3.8, 4) is 0 Å². The van der Waals surface area contributed by atoms with Gasteiger partial charge in [0, 0.05) is 13.1 Å². The van der Waals surface area contributed by atoms with E-state index < -0.39 is 0 Å². The zero-order valence-electron chi connectivity index (χ0n) is 15.0. The van der Waals surface area contributed by atoms with E-state index in [4.69, 9.17) is 23.7 Å². The number of hydrogen-bond donors (Lipinski definition) is 0. The highest BCUT2D eigenvalue weighted by Crippen LogP contribution is 1.94. The van der Waals surface area contributed by atoms with Crippen molar-refractivity contribution in [2.24, 2.45) is 0 Å². The van der Waals surface area contributed by atoms with E-state index in [0.29, 0.717) is 85.7 Å². The summed E-state index contributed by atoms with van der Waals surface area (Å²) in [7, 11) is 3.76. The Morgan fingerprint density at radius 2 is 1.04 bits per heavy atom. The molecule has 1 fully saturated rings. The van der Waals surface area contributed by atoms with Gasteiger partial charge < -0.3 is 33.5 Å². The Bertz CT molecular complexity index is 299. The fraction of sp³-hybridized carbons (Fsp3) is 0.938. The fourth-order valence-corrected chi connectivity index (χ4v) is 2.06. The first-order valence-electron chi connectivity index (χ1n) is 8.51. The first-order chi connectivity index (χ1) is 11.7. The van der Waals surface area contributed by atoms with Gasteiger partial charge in [-0.15, -0.1) is 0 Å². The van der Waals surface area contributed by atoms with Crippen LogP contribution in [0.2, 0.25) is 0 Å². The van der Waals surface area contributed by atoms with Gasteiger partial charge >= 0.3 is 0 Å². The van der Waals surface area contributed by atoms with Crippen molar-refractivity contribution >= 4 is 5.91 Å².